The fraction of sp³-hybridized carbons (Fsp3) is 0.125. The molecular weight excluding hydrogens is 166 g/mol. The molecule has 0 saturated carbocycles. The maximum absolute atomic E-state index is 8.44. The number of imidazole rings is 1. The van der Waals surface area contributed by atoms with Gasteiger partial charge in [0.25, 0.3) is 0 Å². The SMILES string of the molecule is N#CCc1ccn(-c2ncc[nH]2)n1. The van der Waals surface area contributed by atoms with Crippen LogP contribution in [0.25, 0.3) is 5.95 Å². The van der Waals surface area contributed by atoms with E-state index < -0.39 is 0 Å². The molecule has 0 atom stereocenters. The van der Waals surface area contributed by atoms with E-state index in [9.17, 15) is 0 Å². The van der Waals surface area contributed by atoms with Crippen molar-refractivity contribution in [2.24, 2.45) is 0 Å². The number of nitriles is 1. The standard InChI is InChI=1S/C8H7N5/c9-3-1-7-2-6-13(12-7)8-10-4-5-11-8/h2,4-6H,1H2,(H,10,11). The number of nitrogens with one attached hydrogen (secondary N) is 1. The van der Waals surface area contributed by atoms with Crippen LogP contribution in [0, 0.1) is 11.3 Å². The fourth-order valence-electron chi connectivity index (χ4n) is 1.04. The Bertz CT molecular complexity index is 420. The van der Waals surface area contributed by atoms with Crippen LogP contribution < -0.4 is 0 Å². The molecule has 0 bridgehead atoms. The first-order chi connectivity index (χ1) is 6.40. The molecular formula is C8H7N5. The molecule has 2 aromatic heterocycles. The number of aromatic nitrogens is 4. The van der Waals surface area contributed by atoms with Gasteiger partial charge in [-0.15, -0.1) is 0 Å². The predicted molar refractivity (Wildman–Crippen MR) is 45.0 cm³/mol. The molecule has 0 aliphatic rings. The summed E-state index contributed by atoms with van der Waals surface area (Å²) in [7, 11) is 0. The van der Waals surface area contributed by atoms with E-state index in [2.05, 4.69) is 15.1 Å². The number of aromatic amines is 1. The molecule has 0 saturated heterocycles. The van der Waals surface area contributed by atoms with Crippen molar-refractivity contribution in [3.05, 3.63) is 30.4 Å². The van der Waals surface area contributed by atoms with Crippen LogP contribution in [0.15, 0.2) is 24.7 Å². The lowest BCUT2D eigenvalue weighted by atomic mass is 10.3. The Morgan fingerprint density at radius 2 is 2.54 bits per heavy atom. The largest absolute Gasteiger partial charge is 0.329 e. The van der Waals surface area contributed by atoms with Crippen LogP contribution in [0.5, 0.6) is 0 Å². The Morgan fingerprint density at radius 1 is 1.62 bits per heavy atom. The minimum atomic E-state index is 0.327. The molecule has 5 heteroatoms. The summed E-state index contributed by atoms with van der Waals surface area (Å²) in [5, 5.41) is 12.6. The summed E-state index contributed by atoms with van der Waals surface area (Å²) in [5.74, 6) is 0.657. The van der Waals surface area contributed by atoms with Gasteiger partial charge in [-0.25, -0.2) is 9.67 Å². The zero-order valence-electron chi connectivity index (χ0n) is 6.81. The Kier molecular flexibility index (Phi) is 1.81. The summed E-state index contributed by atoms with van der Waals surface area (Å²) in [6, 6.07) is 3.83. The zero-order chi connectivity index (χ0) is 9.10. The second kappa shape index (κ2) is 3.11. The number of hydrogen-bond donors (Lipinski definition) is 1. The van der Waals surface area contributed by atoms with Crippen molar-refractivity contribution < 1.29 is 0 Å². The molecule has 5 nitrogen and oxygen atoms in total. The first-order valence-electron chi connectivity index (χ1n) is 3.81. The summed E-state index contributed by atoms with van der Waals surface area (Å²) in [5.41, 5.74) is 0.749. The van der Waals surface area contributed by atoms with Crippen molar-refractivity contribution in [3.8, 4) is 12.0 Å². The number of nitrogens with zero attached hydrogens (tertiary/aromatic N) is 4. The van der Waals surface area contributed by atoms with Gasteiger partial charge in [0.05, 0.1) is 18.2 Å². The molecule has 2 rings (SSSR count). The Morgan fingerprint density at radius 3 is 3.23 bits per heavy atom. The number of rotatable bonds is 2. The molecule has 0 amide bonds. The first kappa shape index (κ1) is 7.55. The van der Waals surface area contributed by atoms with Gasteiger partial charge in [0.1, 0.15) is 0 Å². The fourth-order valence-corrected chi connectivity index (χ4v) is 1.04. The normalized spacial score (nSPS) is 9.77. The smallest absolute Gasteiger partial charge is 0.227 e. The lowest BCUT2D eigenvalue weighted by Gasteiger charge is -1.92. The molecule has 0 unspecified atom stereocenters. The number of hydrogen-bond acceptors (Lipinski definition) is 3. The summed E-state index contributed by atoms with van der Waals surface area (Å²) >= 11 is 0. The Hall–Kier alpha value is -2.09. The minimum Gasteiger partial charge on any atom is -0.329 e. The summed E-state index contributed by atoms with van der Waals surface area (Å²) in [6.07, 6.45) is 5.47. The topological polar surface area (TPSA) is 70.3 Å². The van der Waals surface area contributed by atoms with E-state index >= 15 is 0 Å². The van der Waals surface area contributed by atoms with Gasteiger partial charge < -0.3 is 4.98 Å². The van der Waals surface area contributed by atoms with E-state index in [0.717, 1.165) is 5.69 Å². The highest BCUT2D eigenvalue weighted by atomic mass is 15.3. The second-order valence-corrected chi connectivity index (χ2v) is 2.50. The average Bonchev–Trinajstić information content (AvgIpc) is 2.70. The van der Waals surface area contributed by atoms with Crippen LogP contribution in [-0.4, -0.2) is 19.7 Å². The van der Waals surface area contributed by atoms with E-state index in [1.54, 1.807) is 29.3 Å². The van der Waals surface area contributed by atoms with Gasteiger partial charge in [0.15, 0.2) is 0 Å². The highest BCUT2D eigenvalue weighted by molar-refractivity contribution is 5.13. The monoisotopic (exact) mass is 173 g/mol. The molecule has 0 aliphatic carbocycles. The molecule has 0 aliphatic heterocycles. The van der Waals surface area contributed by atoms with Crippen LogP contribution >= 0.6 is 0 Å². The lowest BCUT2D eigenvalue weighted by molar-refractivity contribution is 0.806. The predicted octanol–water partition coefficient (Wildman–Crippen LogP) is 0.661. The van der Waals surface area contributed by atoms with Gasteiger partial charge in [-0.2, -0.15) is 10.4 Å². The van der Waals surface area contributed by atoms with Crippen LogP contribution in [0.1, 0.15) is 5.69 Å². The molecule has 13 heavy (non-hydrogen) atoms. The zero-order valence-corrected chi connectivity index (χ0v) is 6.81. The molecule has 0 fully saturated rings. The first-order valence-corrected chi connectivity index (χ1v) is 3.81. The molecule has 0 aromatic carbocycles. The van der Waals surface area contributed by atoms with E-state index in [4.69, 9.17) is 5.26 Å². The molecule has 2 aromatic rings. The highest BCUT2D eigenvalue weighted by Crippen LogP contribution is 2.01. The third kappa shape index (κ3) is 1.42. The average molecular weight is 173 g/mol. The summed E-state index contributed by atoms with van der Waals surface area (Å²) in [6.45, 7) is 0. The molecule has 0 spiro atoms. The maximum atomic E-state index is 8.44. The van der Waals surface area contributed by atoms with Crippen LogP contribution in [-0.2, 0) is 6.42 Å². The van der Waals surface area contributed by atoms with E-state index in [-0.39, 0.29) is 0 Å². The Balaban J connectivity index is 2.29. The third-order valence-corrected chi connectivity index (χ3v) is 1.61. The van der Waals surface area contributed by atoms with E-state index in [0.29, 0.717) is 12.4 Å². The van der Waals surface area contributed by atoms with Gasteiger partial charge in [-0.05, 0) is 6.07 Å². The van der Waals surface area contributed by atoms with Gasteiger partial charge in [-0.1, -0.05) is 0 Å². The quantitative estimate of drug-likeness (QED) is 0.725. The second-order valence-electron chi connectivity index (χ2n) is 2.50. The maximum Gasteiger partial charge on any atom is 0.227 e. The number of H-pyrrole nitrogens is 1. The van der Waals surface area contributed by atoms with Gasteiger partial charge in [0.2, 0.25) is 5.95 Å². The lowest BCUT2D eigenvalue weighted by Crippen LogP contribution is -1.97. The van der Waals surface area contributed by atoms with Gasteiger partial charge in [0, 0.05) is 18.6 Å². The van der Waals surface area contributed by atoms with E-state index in [1.165, 1.54) is 0 Å². The third-order valence-electron chi connectivity index (χ3n) is 1.61. The molecule has 64 valence electrons. The van der Waals surface area contributed by atoms with Crippen molar-refractivity contribution >= 4 is 0 Å². The highest BCUT2D eigenvalue weighted by Gasteiger charge is 2.01. The van der Waals surface area contributed by atoms with Gasteiger partial charge in [-0.3, -0.25) is 0 Å². The van der Waals surface area contributed by atoms with Crippen molar-refractivity contribution in [3.63, 3.8) is 0 Å². The minimum absolute atomic E-state index is 0.327. The molecule has 1 N–H and O–H groups in total. The molecule has 0 radical (unpaired) electrons. The Labute approximate surface area is 74.6 Å². The molecule has 2 heterocycles. The van der Waals surface area contributed by atoms with Crippen molar-refractivity contribution in [1.29, 1.82) is 5.26 Å². The van der Waals surface area contributed by atoms with Crippen LogP contribution in [0.4, 0.5) is 0 Å². The van der Waals surface area contributed by atoms with E-state index in [1.807, 2.05) is 6.07 Å². The van der Waals surface area contributed by atoms with Crippen molar-refractivity contribution in [1.82, 2.24) is 19.7 Å². The van der Waals surface area contributed by atoms with Crippen LogP contribution in [0.2, 0.25) is 0 Å². The van der Waals surface area contributed by atoms with Crippen LogP contribution in [0.3, 0.4) is 0 Å². The van der Waals surface area contributed by atoms with Crippen molar-refractivity contribution in [2.45, 2.75) is 6.42 Å². The summed E-state index contributed by atoms with van der Waals surface area (Å²) in [4.78, 5) is 6.94. The summed E-state index contributed by atoms with van der Waals surface area (Å²) < 4.78 is 1.60. The van der Waals surface area contributed by atoms with Gasteiger partial charge >= 0.3 is 0 Å². The van der Waals surface area contributed by atoms with Crippen molar-refractivity contribution in [2.75, 3.05) is 0 Å².